The first-order chi connectivity index (χ1) is 6.60. The predicted molar refractivity (Wildman–Crippen MR) is 53.7 cm³/mol. The highest BCUT2D eigenvalue weighted by Gasteiger charge is 2.10. The summed E-state index contributed by atoms with van der Waals surface area (Å²) in [5.74, 6) is 0.0330. The van der Waals surface area contributed by atoms with Gasteiger partial charge in [-0.25, -0.2) is 0 Å². The third kappa shape index (κ3) is 2.05. The van der Waals surface area contributed by atoms with Gasteiger partial charge in [-0.2, -0.15) is 0 Å². The zero-order valence-electron chi connectivity index (χ0n) is 8.20. The smallest absolute Gasteiger partial charge is 0.126 e. The molecule has 0 heterocycles. The van der Waals surface area contributed by atoms with Crippen LogP contribution in [0.4, 0.5) is 0 Å². The molecule has 1 unspecified atom stereocenters. The van der Waals surface area contributed by atoms with Crippen LogP contribution in [0.1, 0.15) is 29.5 Å². The maximum Gasteiger partial charge on any atom is 0.126 e. The quantitative estimate of drug-likeness (QED) is 0.681. The van der Waals surface area contributed by atoms with Crippen LogP contribution in [0, 0.1) is 6.92 Å². The lowest BCUT2D eigenvalue weighted by atomic mass is 9.97. The molecule has 0 aliphatic carbocycles. The van der Waals surface area contributed by atoms with Gasteiger partial charge >= 0.3 is 0 Å². The third-order valence-corrected chi connectivity index (χ3v) is 2.20. The number of hydrogen-bond acceptors (Lipinski definition) is 3. The molecule has 0 fully saturated rings. The van der Waals surface area contributed by atoms with E-state index < -0.39 is 0 Å². The summed E-state index contributed by atoms with van der Waals surface area (Å²) in [5.41, 5.74) is 1.76. The van der Waals surface area contributed by atoms with E-state index in [-0.39, 0.29) is 24.9 Å². The molecular formula is C11H15O3. The van der Waals surface area contributed by atoms with E-state index in [1.807, 2.05) is 6.92 Å². The molecule has 0 saturated heterocycles. The maximum atomic E-state index is 9.55. The fraction of sp³-hybridized carbons (Fsp3) is 0.364. The molecule has 0 aliphatic rings. The van der Waals surface area contributed by atoms with E-state index in [4.69, 9.17) is 10.2 Å². The average Bonchev–Trinajstić information content (AvgIpc) is 2.17. The molecular weight excluding hydrogens is 180 g/mol. The summed E-state index contributed by atoms with van der Waals surface area (Å²) in [7, 11) is 0. The summed E-state index contributed by atoms with van der Waals surface area (Å²) in [6.45, 7) is 5.28. The van der Waals surface area contributed by atoms with E-state index in [1.54, 1.807) is 12.1 Å². The van der Waals surface area contributed by atoms with Gasteiger partial charge in [0.05, 0.1) is 13.2 Å². The van der Waals surface area contributed by atoms with Gasteiger partial charge in [-0.05, 0) is 30.5 Å². The lowest BCUT2D eigenvalue weighted by Crippen LogP contribution is -1.97. The van der Waals surface area contributed by atoms with Crippen molar-refractivity contribution in [3.8, 4) is 5.75 Å². The largest absolute Gasteiger partial charge is 0.507 e. The highest BCUT2D eigenvalue weighted by molar-refractivity contribution is 5.44. The van der Waals surface area contributed by atoms with Gasteiger partial charge in [0.15, 0.2) is 0 Å². The zero-order valence-corrected chi connectivity index (χ0v) is 8.20. The second kappa shape index (κ2) is 4.44. The molecule has 0 aliphatic heterocycles. The van der Waals surface area contributed by atoms with Crippen LogP contribution in [0.3, 0.4) is 0 Å². The number of rotatable bonds is 3. The van der Waals surface area contributed by atoms with Gasteiger partial charge < -0.3 is 15.3 Å². The molecule has 3 nitrogen and oxygen atoms in total. The molecule has 1 aromatic carbocycles. The number of aliphatic hydroxyl groups excluding tert-OH is 2. The number of hydrogen-bond donors (Lipinski definition) is 3. The van der Waals surface area contributed by atoms with E-state index >= 15 is 0 Å². The Kier molecular flexibility index (Phi) is 3.49. The van der Waals surface area contributed by atoms with E-state index in [1.165, 1.54) is 0 Å². The van der Waals surface area contributed by atoms with Crippen molar-refractivity contribution in [2.45, 2.75) is 26.1 Å². The van der Waals surface area contributed by atoms with Crippen molar-refractivity contribution in [2.75, 3.05) is 0 Å². The maximum absolute atomic E-state index is 9.55. The fourth-order valence-corrected chi connectivity index (χ4v) is 1.31. The second-order valence-electron chi connectivity index (χ2n) is 3.41. The van der Waals surface area contributed by atoms with Crippen molar-refractivity contribution in [2.24, 2.45) is 0 Å². The molecule has 1 rings (SSSR count). The molecule has 77 valence electrons. The minimum Gasteiger partial charge on any atom is -0.507 e. The lowest BCUT2D eigenvalue weighted by molar-refractivity contribution is 0.263. The van der Waals surface area contributed by atoms with Gasteiger partial charge in [-0.1, -0.05) is 6.92 Å². The average molecular weight is 195 g/mol. The van der Waals surface area contributed by atoms with Crippen LogP contribution in [-0.4, -0.2) is 15.3 Å². The Morgan fingerprint density at radius 3 is 1.93 bits per heavy atom. The van der Waals surface area contributed by atoms with E-state index in [9.17, 15) is 5.11 Å². The van der Waals surface area contributed by atoms with E-state index in [0.717, 1.165) is 5.56 Å². The van der Waals surface area contributed by atoms with Crippen LogP contribution in [-0.2, 0) is 13.2 Å². The lowest BCUT2D eigenvalue weighted by Gasteiger charge is -2.12. The monoisotopic (exact) mass is 195 g/mol. The molecule has 1 atom stereocenters. The summed E-state index contributed by atoms with van der Waals surface area (Å²) in [6, 6.07) is 3.40. The first-order valence-electron chi connectivity index (χ1n) is 4.49. The standard InChI is InChI=1S/C11H15O3/c1-7(2)8-3-9(5-12)11(14)10(4-8)6-13/h3-4,7,12-14H,1,5-6H2,2H3. The molecule has 3 heteroatoms. The van der Waals surface area contributed by atoms with Gasteiger partial charge in [-0.3, -0.25) is 0 Å². The van der Waals surface area contributed by atoms with E-state index in [2.05, 4.69) is 6.92 Å². The molecule has 14 heavy (non-hydrogen) atoms. The highest BCUT2D eigenvalue weighted by atomic mass is 16.3. The first-order valence-corrected chi connectivity index (χ1v) is 4.49. The molecule has 0 spiro atoms. The van der Waals surface area contributed by atoms with E-state index in [0.29, 0.717) is 11.1 Å². The Bertz CT molecular complexity index is 293. The number of phenols is 1. The summed E-state index contributed by atoms with van der Waals surface area (Å²) >= 11 is 0. The van der Waals surface area contributed by atoms with Crippen molar-refractivity contribution >= 4 is 0 Å². The van der Waals surface area contributed by atoms with Crippen LogP contribution in [0.15, 0.2) is 12.1 Å². The van der Waals surface area contributed by atoms with Crippen LogP contribution < -0.4 is 0 Å². The molecule has 0 amide bonds. The normalized spacial score (nSPS) is 10.9. The fourth-order valence-electron chi connectivity index (χ4n) is 1.31. The van der Waals surface area contributed by atoms with Crippen molar-refractivity contribution in [1.29, 1.82) is 0 Å². The van der Waals surface area contributed by atoms with Crippen LogP contribution in [0.5, 0.6) is 5.75 Å². The number of aliphatic hydroxyl groups is 2. The van der Waals surface area contributed by atoms with Gasteiger partial charge in [0, 0.05) is 11.1 Å². The Morgan fingerprint density at radius 2 is 1.64 bits per heavy atom. The molecule has 0 bridgehead atoms. The topological polar surface area (TPSA) is 60.7 Å². The van der Waals surface area contributed by atoms with Crippen molar-refractivity contribution in [1.82, 2.24) is 0 Å². The Morgan fingerprint density at radius 1 is 1.21 bits per heavy atom. The van der Waals surface area contributed by atoms with Crippen LogP contribution in [0.2, 0.25) is 0 Å². The molecule has 0 saturated carbocycles. The zero-order chi connectivity index (χ0) is 10.7. The van der Waals surface area contributed by atoms with Crippen LogP contribution >= 0.6 is 0 Å². The van der Waals surface area contributed by atoms with Gasteiger partial charge in [0.2, 0.25) is 0 Å². The number of aromatic hydroxyl groups is 1. The van der Waals surface area contributed by atoms with Gasteiger partial charge in [0.25, 0.3) is 0 Å². The Hall–Kier alpha value is -1.06. The second-order valence-corrected chi connectivity index (χ2v) is 3.41. The predicted octanol–water partition coefficient (Wildman–Crippen LogP) is 1.31. The summed E-state index contributed by atoms with van der Waals surface area (Å²) in [4.78, 5) is 0. The first kappa shape index (κ1) is 11.0. The minimum absolute atomic E-state index is 0.0283. The number of benzene rings is 1. The third-order valence-electron chi connectivity index (χ3n) is 2.20. The SMILES string of the molecule is [CH2]C(C)c1cc(CO)c(O)c(CO)c1. The summed E-state index contributed by atoms with van der Waals surface area (Å²) in [6.07, 6.45) is 0. The highest BCUT2D eigenvalue weighted by Crippen LogP contribution is 2.27. The van der Waals surface area contributed by atoms with Crippen molar-refractivity contribution in [3.63, 3.8) is 0 Å². The molecule has 3 N–H and O–H groups in total. The van der Waals surface area contributed by atoms with Gasteiger partial charge in [-0.15, -0.1) is 0 Å². The van der Waals surface area contributed by atoms with Crippen molar-refractivity contribution in [3.05, 3.63) is 35.7 Å². The summed E-state index contributed by atoms with van der Waals surface area (Å²) < 4.78 is 0. The Labute approximate surface area is 83.6 Å². The molecule has 1 aromatic rings. The van der Waals surface area contributed by atoms with Gasteiger partial charge in [0.1, 0.15) is 5.75 Å². The molecule has 1 radical (unpaired) electrons. The summed E-state index contributed by atoms with van der Waals surface area (Å²) in [5, 5.41) is 27.5. The van der Waals surface area contributed by atoms with Crippen LogP contribution in [0.25, 0.3) is 0 Å². The molecule has 0 aromatic heterocycles. The Balaban J connectivity index is 3.25. The minimum atomic E-state index is -0.237. The van der Waals surface area contributed by atoms with Crippen molar-refractivity contribution < 1.29 is 15.3 Å².